The zero-order chi connectivity index (χ0) is 14.1. The van der Waals surface area contributed by atoms with Crippen LogP contribution in [0.2, 0.25) is 5.02 Å². The van der Waals surface area contributed by atoms with Crippen molar-refractivity contribution in [2.24, 2.45) is 0 Å². The molecular weight excluding hydrogens is 309 g/mol. The van der Waals surface area contributed by atoms with Crippen molar-refractivity contribution in [2.75, 3.05) is 24.6 Å². The highest BCUT2D eigenvalue weighted by Crippen LogP contribution is 2.23. The first-order chi connectivity index (χ1) is 9.11. The molecule has 1 aromatic rings. The van der Waals surface area contributed by atoms with Gasteiger partial charge in [0.2, 0.25) is 0 Å². The summed E-state index contributed by atoms with van der Waals surface area (Å²) in [6.07, 6.45) is 0.674. The van der Waals surface area contributed by atoms with Crippen LogP contribution < -0.4 is 5.32 Å². The molecule has 0 amide bonds. The van der Waals surface area contributed by atoms with Gasteiger partial charge in [-0.3, -0.25) is 0 Å². The molecule has 0 aromatic heterocycles. The SMILES string of the molecule is O=S(O)CCCNCCSCc1c(F)cccc1Cl. The van der Waals surface area contributed by atoms with E-state index in [1.165, 1.54) is 6.07 Å². The minimum absolute atomic E-state index is 0.265. The Bertz CT molecular complexity index is 400. The second-order valence-electron chi connectivity index (χ2n) is 3.88. The van der Waals surface area contributed by atoms with Crippen LogP contribution in [0.25, 0.3) is 0 Å². The first-order valence-corrected chi connectivity index (χ1v) is 8.71. The molecule has 0 bridgehead atoms. The predicted molar refractivity (Wildman–Crippen MR) is 80.7 cm³/mol. The van der Waals surface area contributed by atoms with Gasteiger partial charge in [-0.15, -0.1) is 0 Å². The lowest BCUT2D eigenvalue weighted by Gasteiger charge is -2.06. The smallest absolute Gasteiger partial charge is 0.152 e. The highest BCUT2D eigenvalue weighted by molar-refractivity contribution is 7.98. The van der Waals surface area contributed by atoms with E-state index in [1.54, 1.807) is 23.9 Å². The minimum Gasteiger partial charge on any atom is -0.316 e. The van der Waals surface area contributed by atoms with Gasteiger partial charge in [0.25, 0.3) is 0 Å². The Hall–Kier alpha value is -0.140. The van der Waals surface area contributed by atoms with Gasteiger partial charge in [0.15, 0.2) is 11.1 Å². The summed E-state index contributed by atoms with van der Waals surface area (Å²) in [6, 6.07) is 4.70. The first-order valence-electron chi connectivity index (χ1n) is 5.90. The van der Waals surface area contributed by atoms with Gasteiger partial charge in [-0.25, -0.2) is 8.60 Å². The Kier molecular flexibility index (Phi) is 8.65. The maximum atomic E-state index is 13.4. The van der Waals surface area contributed by atoms with Gasteiger partial charge >= 0.3 is 0 Å². The van der Waals surface area contributed by atoms with Crippen molar-refractivity contribution in [3.05, 3.63) is 34.6 Å². The molecule has 1 rings (SSSR count). The second-order valence-corrected chi connectivity index (χ2v) is 6.45. The predicted octanol–water partition coefficient (Wildman–Crippen LogP) is 2.91. The van der Waals surface area contributed by atoms with E-state index in [4.69, 9.17) is 16.2 Å². The number of thioether (sulfide) groups is 1. The lowest BCUT2D eigenvalue weighted by atomic mass is 10.2. The van der Waals surface area contributed by atoms with Crippen LogP contribution in [0.4, 0.5) is 4.39 Å². The van der Waals surface area contributed by atoms with Gasteiger partial charge in [0.05, 0.1) is 5.75 Å². The summed E-state index contributed by atoms with van der Waals surface area (Å²) in [4.78, 5) is 0. The summed E-state index contributed by atoms with van der Waals surface area (Å²) < 4.78 is 32.4. The maximum absolute atomic E-state index is 13.4. The molecule has 0 radical (unpaired) electrons. The fourth-order valence-electron chi connectivity index (χ4n) is 1.43. The first kappa shape index (κ1) is 16.9. The molecule has 0 saturated heterocycles. The number of nitrogens with one attached hydrogen (secondary N) is 1. The fraction of sp³-hybridized carbons (Fsp3) is 0.500. The van der Waals surface area contributed by atoms with E-state index in [2.05, 4.69) is 5.32 Å². The van der Waals surface area contributed by atoms with Gasteiger partial charge < -0.3 is 9.87 Å². The molecule has 108 valence electrons. The lowest BCUT2D eigenvalue weighted by molar-refractivity contribution is 0.559. The Balaban J connectivity index is 2.09. The van der Waals surface area contributed by atoms with E-state index in [-0.39, 0.29) is 5.82 Å². The van der Waals surface area contributed by atoms with Crippen molar-refractivity contribution in [2.45, 2.75) is 12.2 Å². The van der Waals surface area contributed by atoms with Crippen molar-refractivity contribution in [3.63, 3.8) is 0 Å². The van der Waals surface area contributed by atoms with Crippen molar-refractivity contribution in [1.29, 1.82) is 0 Å². The van der Waals surface area contributed by atoms with Crippen LogP contribution in [-0.2, 0) is 16.8 Å². The summed E-state index contributed by atoms with van der Waals surface area (Å²) >= 11 is 5.82. The largest absolute Gasteiger partial charge is 0.316 e. The van der Waals surface area contributed by atoms with E-state index in [9.17, 15) is 8.60 Å². The number of hydrogen-bond donors (Lipinski definition) is 2. The van der Waals surface area contributed by atoms with Gasteiger partial charge in [-0.05, 0) is 25.1 Å². The third-order valence-electron chi connectivity index (χ3n) is 2.40. The van der Waals surface area contributed by atoms with Crippen LogP contribution in [0.15, 0.2) is 18.2 Å². The van der Waals surface area contributed by atoms with Crippen molar-refractivity contribution >= 4 is 34.4 Å². The quantitative estimate of drug-likeness (QED) is 0.541. The van der Waals surface area contributed by atoms with Crippen LogP contribution in [0, 0.1) is 5.82 Å². The molecule has 0 spiro atoms. The Morgan fingerprint density at radius 2 is 2.21 bits per heavy atom. The molecule has 0 fully saturated rings. The molecule has 3 nitrogen and oxygen atoms in total. The van der Waals surface area contributed by atoms with Gasteiger partial charge in [0, 0.05) is 28.6 Å². The van der Waals surface area contributed by atoms with E-state index < -0.39 is 11.1 Å². The van der Waals surface area contributed by atoms with Crippen LogP contribution in [0.3, 0.4) is 0 Å². The molecule has 7 heteroatoms. The molecule has 0 saturated carbocycles. The van der Waals surface area contributed by atoms with Crippen molar-refractivity contribution in [1.82, 2.24) is 5.32 Å². The molecule has 1 aromatic carbocycles. The van der Waals surface area contributed by atoms with Crippen molar-refractivity contribution in [3.8, 4) is 0 Å². The monoisotopic (exact) mass is 325 g/mol. The third-order valence-corrected chi connectivity index (χ3v) is 4.38. The van der Waals surface area contributed by atoms with Crippen LogP contribution >= 0.6 is 23.4 Å². The zero-order valence-corrected chi connectivity index (χ0v) is 12.8. The van der Waals surface area contributed by atoms with Gasteiger partial charge in [0.1, 0.15) is 5.82 Å². The summed E-state index contributed by atoms with van der Waals surface area (Å²) in [5, 5.41) is 3.63. The van der Waals surface area contributed by atoms with Crippen LogP contribution in [0.5, 0.6) is 0 Å². The Morgan fingerprint density at radius 3 is 2.89 bits per heavy atom. The molecule has 2 N–H and O–H groups in total. The third kappa shape index (κ3) is 7.27. The van der Waals surface area contributed by atoms with Gasteiger partial charge in [-0.1, -0.05) is 17.7 Å². The van der Waals surface area contributed by atoms with Crippen LogP contribution in [0.1, 0.15) is 12.0 Å². The standard InChI is InChI=1S/C12H17ClFNO2S2/c13-11-3-1-4-12(14)10(11)9-18-7-6-15-5-2-8-19(16)17/h1,3-4,15H,2,5-9H2,(H,16,17). The van der Waals surface area contributed by atoms with E-state index in [0.717, 1.165) is 12.3 Å². The van der Waals surface area contributed by atoms with Gasteiger partial charge in [-0.2, -0.15) is 11.8 Å². The summed E-state index contributed by atoms with van der Waals surface area (Å²) in [6.45, 7) is 1.50. The molecule has 19 heavy (non-hydrogen) atoms. The Morgan fingerprint density at radius 1 is 1.42 bits per heavy atom. The topological polar surface area (TPSA) is 49.3 Å². The molecule has 0 heterocycles. The molecule has 1 atom stereocenters. The molecule has 0 aliphatic rings. The highest BCUT2D eigenvalue weighted by atomic mass is 35.5. The minimum atomic E-state index is -1.71. The average molecular weight is 326 g/mol. The summed E-state index contributed by atoms with van der Waals surface area (Å²) in [5.74, 6) is 1.42. The van der Waals surface area contributed by atoms with E-state index in [0.29, 0.717) is 35.1 Å². The number of hydrogen-bond acceptors (Lipinski definition) is 3. The highest BCUT2D eigenvalue weighted by Gasteiger charge is 2.06. The molecular formula is C12H17ClFNO2S2. The summed E-state index contributed by atoms with van der Waals surface area (Å²) in [5.41, 5.74) is 0.546. The summed E-state index contributed by atoms with van der Waals surface area (Å²) in [7, 11) is 0. The van der Waals surface area contributed by atoms with Crippen molar-refractivity contribution < 1.29 is 13.2 Å². The normalized spacial score (nSPS) is 12.6. The number of halogens is 2. The number of rotatable bonds is 9. The average Bonchev–Trinajstić information content (AvgIpc) is 2.35. The van der Waals surface area contributed by atoms with E-state index in [1.807, 2.05) is 0 Å². The number of benzene rings is 1. The lowest BCUT2D eigenvalue weighted by Crippen LogP contribution is -2.20. The second kappa shape index (κ2) is 9.72. The molecule has 0 aliphatic heterocycles. The van der Waals surface area contributed by atoms with E-state index >= 15 is 0 Å². The maximum Gasteiger partial charge on any atom is 0.152 e. The fourth-order valence-corrected chi connectivity index (χ4v) is 3.07. The zero-order valence-electron chi connectivity index (χ0n) is 10.4. The molecule has 1 unspecified atom stereocenters. The Labute approximate surface area is 124 Å². The molecule has 0 aliphatic carbocycles. The van der Waals surface area contributed by atoms with Crippen LogP contribution in [-0.4, -0.2) is 33.4 Å².